The Morgan fingerprint density at radius 2 is 1.53 bits per heavy atom. The van der Waals surface area contributed by atoms with Crippen molar-refractivity contribution >= 4 is 13.2 Å². The van der Waals surface area contributed by atoms with Gasteiger partial charge in [0.15, 0.2) is 0 Å². The van der Waals surface area contributed by atoms with Crippen molar-refractivity contribution in [1.29, 1.82) is 0 Å². The Morgan fingerprint density at radius 1 is 1.00 bits per heavy atom. The average molecular weight is 230 g/mol. The first-order valence-corrected chi connectivity index (χ1v) is 6.90. The molecule has 86 valence electrons. The van der Waals surface area contributed by atoms with E-state index in [0.717, 1.165) is 5.30 Å². The third-order valence-electron chi connectivity index (χ3n) is 2.06. The molecule has 0 saturated carbocycles. The van der Waals surface area contributed by atoms with Crippen LogP contribution in [0, 0.1) is 0 Å². The average Bonchev–Trinajstić information content (AvgIpc) is 2.30. The third-order valence-corrected chi connectivity index (χ3v) is 4.98. The molecule has 0 atom stereocenters. The van der Waals surface area contributed by atoms with E-state index in [1.165, 1.54) is 0 Å². The Morgan fingerprint density at radius 3 is 1.93 bits per heavy atom. The topological polar surface area (TPSA) is 27.7 Å². The number of rotatable bonds is 6. The van der Waals surface area contributed by atoms with Crippen molar-refractivity contribution in [3.8, 4) is 0 Å². The minimum atomic E-state index is -2.65. The van der Waals surface area contributed by atoms with E-state index in [4.69, 9.17) is 13.6 Å². The molecule has 4 heteroatoms. The summed E-state index contributed by atoms with van der Waals surface area (Å²) in [6.07, 6.45) is 0. The van der Waals surface area contributed by atoms with E-state index in [0.29, 0.717) is 13.2 Å². The van der Waals surface area contributed by atoms with Crippen LogP contribution in [0.25, 0.3) is 0 Å². The molecule has 0 N–H and O–H groups in total. The molecule has 0 aliphatic heterocycles. The molecule has 0 heterocycles. The molecule has 1 rings (SSSR count). The molecule has 15 heavy (non-hydrogen) atoms. The summed E-state index contributed by atoms with van der Waals surface area (Å²) in [5.74, 6) is 0. The van der Waals surface area contributed by atoms with Crippen LogP contribution < -0.4 is 5.30 Å². The van der Waals surface area contributed by atoms with E-state index in [1.54, 1.807) is 7.11 Å². The molecule has 0 aromatic heterocycles. The molecule has 0 aliphatic rings. The summed E-state index contributed by atoms with van der Waals surface area (Å²) in [5.41, 5.74) is 0. The summed E-state index contributed by atoms with van der Waals surface area (Å²) >= 11 is 0. The Hall–Kier alpha value is -0.470. The van der Waals surface area contributed by atoms with E-state index in [-0.39, 0.29) is 0 Å². The summed E-state index contributed by atoms with van der Waals surface area (Å²) in [6.45, 7) is 5.08. The number of hydrogen-bond acceptors (Lipinski definition) is 3. The quantitative estimate of drug-likeness (QED) is 0.703. The molecular weight excluding hydrogens is 211 g/mol. The van der Waals surface area contributed by atoms with Crippen molar-refractivity contribution in [2.24, 2.45) is 0 Å². The molecular formula is C11H19O3P. The van der Waals surface area contributed by atoms with Gasteiger partial charge in [-0.15, -0.1) is 0 Å². The maximum atomic E-state index is 5.70. The minimum absolute atomic E-state index is 0.592. The molecule has 0 unspecified atom stereocenters. The summed E-state index contributed by atoms with van der Waals surface area (Å²) in [7, 11) is -1.00. The molecule has 0 fully saturated rings. The molecule has 1 aromatic carbocycles. The standard InChI is InChI=1S/C11H19O3P/c1-4-13-15(12-3,14-5-2)11-9-7-6-8-10-11/h6-10,15H,4-5H2,1-3H3. The SMILES string of the molecule is CCO[PH](OC)(OCC)c1ccccc1. The van der Waals surface area contributed by atoms with Gasteiger partial charge in [-0.2, -0.15) is 0 Å². The molecule has 0 radical (unpaired) electrons. The van der Waals surface area contributed by atoms with Crippen molar-refractivity contribution < 1.29 is 13.6 Å². The Bertz CT molecular complexity index is 270. The van der Waals surface area contributed by atoms with Crippen molar-refractivity contribution in [3.63, 3.8) is 0 Å². The van der Waals surface area contributed by atoms with Gasteiger partial charge in [-0.05, 0) is 0 Å². The van der Waals surface area contributed by atoms with Crippen molar-refractivity contribution in [1.82, 2.24) is 0 Å². The van der Waals surface area contributed by atoms with E-state index in [9.17, 15) is 0 Å². The van der Waals surface area contributed by atoms with E-state index in [2.05, 4.69) is 0 Å². The predicted octanol–water partition coefficient (Wildman–Crippen LogP) is 2.53. The second-order valence-electron chi connectivity index (χ2n) is 2.99. The molecule has 0 aliphatic carbocycles. The maximum absolute atomic E-state index is 5.70. The fourth-order valence-corrected chi connectivity index (χ4v) is 3.72. The first-order chi connectivity index (χ1) is 7.29. The molecule has 0 spiro atoms. The zero-order valence-corrected chi connectivity index (χ0v) is 10.5. The Balaban J connectivity index is 2.97. The Labute approximate surface area is 91.9 Å². The van der Waals surface area contributed by atoms with Crippen LogP contribution in [0.15, 0.2) is 30.3 Å². The van der Waals surface area contributed by atoms with Gasteiger partial charge in [0.25, 0.3) is 0 Å². The van der Waals surface area contributed by atoms with E-state index >= 15 is 0 Å². The zero-order valence-electron chi connectivity index (χ0n) is 9.53. The monoisotopic (exact) mass is 230 g/mol. The third kappa shape index (κ3) is 2.99. The number of hydrogen-bond donors (Lipinski definition) is 0. The van der Waals surface area contributed by atoms with Gasteiger partial charge >= 0.3 is 91.3 Å². The van der Waals surface area contributed by atoms with E-state index < -0.39 is 7.94 Å². The summed E-state index contributed by atoms with van der Waals surface area (Å²) in [6, 6.07) is 9.88. The van der Waals surface area contributed by atoms with Crippen molar-refractivity contribution in [2.75, 3.05) is 20.3 Å². The molecule has 0 saturated heterocycles. The molecule has 1 aromatic rings. The molecule has 0 bridgehead atoms. The predicted molar refractivity (Wildman–Crippen MR) is 64.7 cm³/mol. The fraction of sp³-hybridized carbons (Fsp3) is 0.455. The van der Waals surface area contributed by atoms with Crippen LogP contribution in [-0.4, -0.2) is 20.3 Å². The van der Waals surface area contributed by atoms with Crippen molar-refractivity contribution in [2.45, 2.75) is 13.8 Å². The fourth-order valence-electron chi connectivity index (χ4n) is 1.47. The second kappa shape index (κ2) is 6.19. The Kier molecular flexibility index (Phi) is 5.20. The van der Waals surface area contributed by atoms with Crippen molar-refractivity contribution in [3.05, 3.63) is 30.3 Å². The molecule has 0 amide bonds. The van der Waals surface area contributed by atoms with E-state index in [1.807, 2.05) is 44.2 Å². The first kappa shape index (κ1) is 12.6. The van der Waals surface area contributed by atoms with Crippen LogP contribution in [0.4, 0.5) is 0 Å². The normalized spacial score (nSPS) is 12.7. The van der Waals surface area contributed by atoms with Crippen LogP contribution in [0.1, 0.15) is 13.8 Å². The summed E-state index contributed by atoms with van der Waals surface area (Å²) in [4.78, 5) is 0. The van der Waals surface area contributed by atoms with Crippen LogP contribution in [0.2, 0.25) is 0 Å². The molecule has 3 nitrogen and oxygen atoms in total. The summed E-state index contributed by atoms with van der Waals surface area (Å²) in [5, 5.41) is 1.01. The van der Waals surface area contributed by atoms with Crippen LogP contribution in [0.3, 0.4) is 0 Å². The van der Waals surface area contributed by atoms with Gasteiger partial charge < -0.3 is 0 Å². The van der Waals surface area contributed by atoms with Gasteiger partial charge in [-0.25, -0.2) is 0 Å². The second-order valence-corrected chi connectivity index (χ2v) is 5.67. The zero-order chi connectivity index (χ0) is 11.1. The van der Waals surface area contributed by atoms with Gasteiger partial charge in [-0.3, -0.25) is 0 Å². The van der Waals surface area contributed by atoms with Crippen LogP contribution in [-0.2, 0) is 13.6 Å². The van der Waals surface area contributed by atoms with Crippen LogP contribution in [0.5, 0.6) is 0 Å². The first-order valence-electron chi connectivity index (χ1n) is 5.17. The van der Waals surface area contributed by atoms with Gasteiger partial charge in [0.2, 0.25) is 0 Å². The van der Waals surface area contributed by atoms with Crippen LogP contribution >= 0.6 is 7.94 Å². The number of benzene rings is 1. The van der Waals surface area contributed by atoms with Gasteiger partial charge in [0, 0.05) is 0 Å². The van der Waals surface area contributed by atoms with Gasteiger partial charge in [0.1, 0.15) is 0 Å². The van der Waals surface area contributed by atoms with Gasteiger partial charge in [0.05, 0.1) is 0 Å². The summed E-state index contributed by atoms with van der Waals surface area (Å²) < 4.78 is 16.9. The van der Waals surface area contributed by atoms with Gasteiger partial charge in [-0.1, -0.05) is 0 Å².